The van der Waals surface area contributed by atoms with Crippen LogP contribution in [-0.2, 0) is 4.79 Å². The number of benzene rings is 2. The van der Waals surface area contributed by atoms with Crippen molar-refractivity contribution in [2.75, 3.05) is 31.5 Å². The molecule has 0 radical (unpaired) electrons. The molecule has 0 bridgehead atoms. The van der Waals surface area contributed by atoms with Crippen LogP contribution >= 0.6 is 0 Å². The number of aromatic amines is 1. The average molecular weight is 455 g/mol. The van der Waals surface area contributed by atoms with Gasteiger partial charge in [0.25, 0.3) is 11.8 Å². The lowest BCUT2D eigenvalue weighted by Gasteiger charge is -2.14. The van der Waals surface area contributed by atoms with Crippen molar-refractivity contribution in [3.8, 4) is 11.1 Å². The summed E-state index contributed by atoms with van der Waals surface area (Å²) in [6.07, 6.45) is 5.28. The summed E-state index contributed by atoms with van der Waals surface area (Å²) in [5.74, 6) is -0.282. The molecule has 0 spiro atoms. The van der Waals surface area contributed by atoms with E-state index in [9.17, 15) is 9.59 Å². The Bertz CT molecular complexity index is 1240. The Morgan fingerprint density at radius 2 is 1.88 bits per heavy atom. The molecule has 1 saturated heterocycles. The highest BCUT2D eigenvalue weighted by atomic mass is 16.2. The van der Waals surface area contributed by atoms with Crippen molar-refractivity contribution in [2.45, 2.75) is 26.2 Å². The topological polar surface area (TPSA) is 77.2 Å². The van der Waals surface area contributed by atoms with Crippen LogP contribution in [0.25, 0.3) is 22.8 Å². The minimum absolute atomic E-state index is 0.118. The molecule has 1 fully saturated rings. The Kier molecular flexibility index (Phi) is 6.32. The SMILES string of the molecule is Cc1cc(C(=O)NCCCN2CCCC2)c(C=C2C(=O)Nc3cccc(-c4ccccc4)c32)[nH]1. The van der Waals surface area contributed by atoms with Crippen molar-refractivity contribution < 1.29 is 9.59 Å². The quantitative estimate of drug-likeness (QED) is 0.358. The van der Waals surface area contributed by atoms with E-state index in [1.807, 2.05) is 61.5 Å². The Hall–Kier alpha value is -3.64. The van der Waals surface area contributed by atoms with Crippen LogP contribution in [0.4, 0.5) is 5.69 Å². The number of anilines is 1. The summed E-state index contributed by atoms with van der Waals surface area (Å²) < 4.78 is 0. The van der Waals surface area contributed by atoms with E-state index in [1.165, 1.54) is 12.8 Å². The first-order valence-corrected chi connectivity index (χ1v) is 12.0. The summed E-state index contributed by atoms with van der Waals surface area (Å²) in [7, 11) is 0. The maximum absolute atomic E-state index is 13.0. The van der Waals surface area contributed by atoms with Gasteiger partial charge in [-0.15, -0.1) is 0 Å². The molecule has 2 aromatic carbocycles. The van der Waals surface area contributed by atoms with Crippen LogP contribution in [0.1, 0.15) is 46.6 Å². The number of carbonyl (C=O) groups is 2. The molecule has 6 nitrogen and oxygen atoms in total. The summed E-state index contributed by atoms with van der Waals surface area (Å²) in [6, 6.07) is 17.8. The number of aromatic nitrogens is 1. The van der Waals surface area contributed by atoms with Crippen molar-refractivity contribution in [3.63, 3.8) is 0 Å². The van der Waals surface area contributed by atoms with E-state index in [0.29, 0.717) is 23.4 Å². The zero-order valence-corrected chi connectivity index (χ0v) is 19.5. The molecule has 0 atom stereocenters. The Morgan fingerprint density at radius 1 is 1.09 bits per heavy atom. The Morgan fingerprint density at radius 3 is 2.68 bits per heavy atom. The van der Waals surface area contributed by atoms with Gasteiger partial charge in [0.05, 0.1) is 16.8 Å². The minimum atomic E-state index is -0.164. The van der Waals surface area contributed by atoms with Gasteiger partial charge in [-0.05, 0) is 75.2 Å². The molecule has 3 N–H and O–H groups in total. The van der Waals surface area contributed by atoms with E-state index in [-0.39, 0.29) is 11.8 Å². The van der Waals surface area contributed by atoms with E-state index >= 15 is 0 Å². The zero-order valence-electron chi connectivity index (χ0n) is 19.5. The van der Waals surface area contributed by atoms with E-state index < -0.39 is 0 Å². The number of amides is 2. The molecule has 1 aromatic heterocycles. The first kappa shape index (κ1) is 22.2. The molecule has 0 unspecified atom stereocenters. The molecule has 2 aliphatic heterocycles. The van der Waals surface area contributed by atoms with Gasteiger partial charge >= 0.3 is 0 Å². The minimum Gasteiger partial charge on any atom is -0.358 e. The van der Waals surface area contributed by atoms with Crippen LogP contribution in [0.5, 0.6) is 0 Å². The molecule has 5 rings (SSSR count). The number of hydrogen-bond donors (Lipinski definition) is 3. The number of H-pyrrole nitrogens is 1. The third-order valence-corrected chi connectivity index (χ3v) is 6.56. The van der Waals surface area contributed by atoms with Gasteiger partial charge < -0.3 is 20.5 Å². The molecule has 2 amide bonds. The van der Waals surface area contributed by atoms with E-state index in [1.54, 1.807) is 6.08 Å². The largest absolute Gasteiger partial charge is 0.358 e. The van der Waals surface area contributed by atoms with Gasteiger partial charge in [-0.2, -0.15) is 0 Å². The van der Waals surface area contributed by atoms with Crippen molar-refractivity contribution in [2.24, 2.45) is 0 Å². The van der Waals surface area contributed by atoms with Gasteiger partial charge in [0, 0.05) is 23.5 Å². The van der Waals surface area contributed by atoms with Gasteiger partial charge in [0.15, 0.2) is 0 Å². The molecule has 3 heterocycles. The molecule has 34 heavy (non-hydrogen) atoms. The van der Waals surface area contributed by atoms with Gasteiger partial charge in [0.2, 0.25) is 0 Å². The van der Waals surface area contributed by atoms with Gasteiger partial charge in [-0.25, -0.2) is 0 Å². The van der Waals surface area contributed by atoms with Crippen molar-refractivity contribution in [3.05, 3.63) is 77.1 Å². The second-order valence-electron chi connectivity index (χ2n) is 9.04. The van der Waals surface area contributed by atoms with Crippen LogP contribution in [-0.4, -0.2) is 47.9 Å². The number of fused-ring (bicyclic) bond motifs is 1. The van der Waals surface area contributed by atoms with Crippen LogP contribution in [0.15, 0.2) is 54.6 Å². The Balaban J connectivity index is 1.40. The van der Waals surface area contributed by atoms with E-state index in [4.69, 9.17) is 0 Å². The number of carbonyl (C=O) groups excluding carboxylic acids is 2. The third kappa shape index (κ3) is 4.54. The highest BCUT2D eigenvalue weighted by molar-refractivity contribution is 6.36. The fourth-order valence-electron chi connectivity index (χ4n) is 4.91. The zero-order chi connectivity index (χ0) is 23.5. The summed E-state index contributed by atoms with van der Waals surface area (Å²) in [5.41, 5.74) is 6.32. The van der Waals surface area contributed by atoms with Gasteiger partial charge in [-0.3, -0.25) is 9.59 Å². The van der Waals surface area contributed by atoms with E-state index in [2.05, 4.69) is 20.5 Å². The average Bonchev–Trinajstić information content (AvgIpc) is 3.57. The predicted octanol–water partition coefficient (Wildman–Crippen LogP) is 4.70. The molecule has 0 saturated carbocycles. The highest BCUT2D eigenvalue weighted by Crippen LogP contribution is 2.40. The molecule has 3 aromatic rings. The van der Waals surface area contributed by atoms with Crippen LogP contribution in [0, 0.1) is 6.92 Å². The van der Waals surface area contributed by atoms with E-state index in [0.717, 1.165) is 54.1 Å². The molecule has 174 valence electrons. The lowest BCUT2D eigenvalue weighted by atomic mass is 9.94. The van der Waals surface area contributed by atoms with Gasteiger partial charge in [0.1, 0.15) is 0 Å². The molecule has 2 aliphatic rings. The Labute approximate surface area is 200 Å². The predicted molar refractivity (Wildman–Crippen MR) is 137 cm³/mol. The van der Waals surface area contributed by atoms with Crippen LogP contribution < -0.4 is 10.6 Å². The fourth-order valence-corrected chi connectivity index (χ4v) is 4.91. The molecular weight excluding hydrogens is 424 g/mol. The second kappa shape index (κ2) is 9.69. The first-order chi connectivity index (χ1) is 16.6. The fraction of sp³-hybridized carbons (Fsp3) is 0.286. The number of hydrogen-bond acceptors (Lipinski definition) is 3. The van der Waals surface area contributed by atoms with Crippen molar-refractivity contribution in [1.82, 2.24) is 15.2 Å². The number of nitrogens with zero attached hydrogens (tertiary/aromatic N) is 1. The summed E-state index contributed by atoms with van der Waals surface area (Å²) in [6.45, 7) is 5.90. The standard InChI is InChI=1S/C28H30N4O2/c1-19-17-22(27(33)29-13-8-16-32-14-5-6-15-32)25(30-19)18-23-26-21(20-9-3-2-4-10-20)11-7-12-24(26)31-28(23)34/h2-4,7,9-12,17-18,30H,5-6,8,13-16H2,1H3,(H,29,33)(H,31,34). The maximum atomic E-state index is 13.0. The highest BCUT2D eigenvalue weighted by Gasteiger charge is 2.28. The summed E-state index contributed by atoms with van der Waals surface area (Å²) in [5, 5.41) is 6.03. The molecular formula is C28H30N4O2. The van der Waals surface area contributed by atoms with Crippen molar-refractivity contribution >= 4 is 29.2 Å². The van der Waals surface area contributed by atoms with Gasteiger partial charge in [-0.1, -0.05) is 42.5 Å². The normalized spacial score (nSPS) is 16.6. The monoisotopic (exact) mass is 454 g/mol. The summed E-state index contributed by atoms with van der Waals surface area (Å²) >= 11 is 0. The van der Waals surface area contributed by atoms with Crippen molar-refractivity contribution in [1.29, 1.82) is 0 Å². The number of aryl methyl sites for hydroxylation is 1. The maximum Gasteiger partial charge on any atom is 0.256 e. The van der Waals surface area contributed by atoms with Crippen LogP contribution in [0.2, 0.25) is 0 Å². The third-order valence-electron chi connectivity index (χ3n) is 6.56. The smallest absolute Gasteiger partial charge is 0.256 e. The number of rotatable bonds is 7. The molecule has 0 aliphatic carbocycles. The lowest BCUT2D eigenvalue weighted by Crippen LogP contribution is -2.28. The first-order valence-electron chi connectivity index (χ1n) is 12.0. The molecule has 6 heteroatoms. The summed E-state index contributed by atoms with van der Waals surface area (Å²) in [4.78, 5) is 31.7. The number of nitrogens with one attached hydrogen (secondary N) is 3. The second-order valence-corrected chi connectivity index (χ2v) is 9.04. The lowest BCUT2D eigenvalue weighted by molar-refractivity contribution is -0.110. The number of likely N-dealkylation sites (tertiary alicyclic amines) is 1. The van der Waals surface area contributed by atoms with Crippen LogP contribution in [0.3, 0.4) is 0 Å².